The van der Waals surface area contributed by atoms with Crippen LogP contribution < -0.4 is 21.6 Å². The van der Waals surface area contributed by atoms with Gasteiger partial charge in [0.2, 0.25) is 0 Å². The van der Waals surface area contributed by atoms with Crippen LogP contribution in [0.5, 0.6) is 11.5 Å². The number of carbonyl (C=O) groups is 4. The van der Waals surface area contributed by atoms with Crippen LogP contribution in [0.25, 0.3) is 0 Å². The second-order valence-electron chi connectivity index (χ2n) is 7.82. The largest absolute Gasteiger partial charge is 0.507 e. The number of methoxy groups -OCH3 is 1. The second-order valence-corrected chi connectivity index (χ2v) is 7.82. The van der Waals surface area contributed by atoms with Crippen LogP contribution in [0.2, 0.25) is 0 Å². The van der Waals surface area contributed by atoms with E-state index in [2.05, 4.69) is 10.5 Å². The van der Waals surface area contributed by atoms with Gasteiger partial charge < -0.3 is 47.2 Å². The number of aromatic hydroxyl groups is 1. The van der Waals surface area contributed by atoms with Gasteiger partial charge in [0.1, 0.15) is 23.6 Å². The van der Waals surface area contributed by atoms with Gasteiger partial charge >= 0.3 is 23.9 Å². The summed E-state index contributed by atoms with van der Waals surface area (Å²) < 4.78 is 5.16. The molecule has 14 nitrogen and oxygen atoms in total. The zero-order chi connectivity index (χ0) is 28.8. The van der Waals surface area contributed by atoms with Crippen LogP contribution >= 0.6 is 0 Å². The molecule has 3 unspecified atom stereocenters. The van der Waals surface area contributed by atoms with Crippen molar-refractivity contribution in [3.05, 3.63) is 59.7 Å². The number of carboxylic acid groups (broad SMARTS) is 4. The molecule has 0 saturated carbocycles. The first kappa shape index (κ1) is 34.8. The summed E-state index contributed by atoms with van der Waals surface area (Å²) in [6.07, 6.45) is -0.311. The molecule has 1 heterocycles. The Balaban J connectivity index is 0.000000643. The molecule has 0 fully saturated rings. The van der Waals surface area contributed by atoms with Gasteiger partial charge in [0.15, 0.2) is 0 Å². The van der Waals surface area contributed by atoms with Crippen molar-refractivity contribution in [2.45, 2.75) is 37.4 Å². The number of rotatable bonds is 9. The minimum Gasteiger partial charge on any atom is -0.507 e. The fraction of sp³-hybridized carbons (Fsp3) is 0.292. The number of hydrogen-bond acceptors (Lipinski definition) is 10. The van der Waals surface area contributed by atoms with Gasteiger partial charge in [-0.1, -0.05) is 24.3 Å². The summed E-state index contributed by atoms with van der Waals surface area (Å²) in [7, 11) is 1.65. The molecule has 0 bridgehead atoms. The zero-order valence-electron chi connectivity index (χ0n) is 20.7. The number of ether oxygens (including phenoxy) is 1. The standard InChI is InChI=1S/C16H16N2O2.2C4H7NO4.Fe/c1-20-12-8-6-11(7-9-12)14-10-15(18-17-14)13-4-2-3-5-16(13)19;2*5-2(4(8)9)1-3(6)7;/h2-9,14,17,19H,10H2,1H3;2*2H,1,5H2,(H,6,7)(H,8,9);. The van der Waals surface area contributed by atoms with Crippen LogP contribution in [0.3, 0.4) is 0 Å². The first-order chi connectivity index (χ1) is 17.8. The maximum Gasteiger partial charge on any atom is 0.321 e. The molecule has 0 aromatic heterocycles. The van der Waals surface area contributed by atoms with Gasteiger partial charge in [-0.3, -0.25) is 19.2 Å². The van der Waals surface area contributed by atoms with E-state index in [-0.39, 0.29) is 28.9 Å². The van der Waals surface area contributed by atoms with Crippen molar-refractivity contribution < 1.29 is 66.5 Å². The number of para-hydroxylation sites is 1. The molecule has 3 atom stereocenters. The van der Waals surface area contributed by atoms with Gasteiger partial charge in [-0.05, 0) is 29.8 Å². The molecule has 15 heteroatoms. The van der Waals surface area contributed by atoms with Crippen LogP contribution in [-0.4, -0.2) is 74.3 Å². The van der Waals surface area contributed by atoms with Gasteiger partial charge in [-0.15, -0.1) is 0 Å². The summed E-state index contributed by atoms with van der Waals surface area (Å²) in [4.78, 5) is 39.2. The van der Waals surface area contributed by atoms with E-state index >= 15 is 0 Å². The Morgan fingerprint density at radius 2 is 1.41 bits per heavy atom. The second kappa shape index (κ2) is 17.4. The van der Waals surface area contributed by atoms with Crippen molar-refractivity contribution in [1.29, 1.82) is 0 Å². The number of phenols is 1. The van der Waals surface area contributed by atoms with Crippen LogP contribution in [0, 0.1) is 0 Å². The van der Waals surface area contributed by atoms with Gasteiger partial charge in [-0.25, -0.2) is 0 Å². The molecule has 0 amide bonds. The molecule has 0 saturated heterocycles. The normalized spacial score (nSPS) is 14.7. The predicted molar refractivity (Wildman–Crippen MR) is 134 cm³/mol. The molecule has 39 heavy (non-hydrogen) atoms. The van der Waals surface area contributed by atoms with Crippen molar-refractivity contribution in [2.24, 2.45) is 16.6 Å². The van der Waals surface area contributed by atoms with Crippen molar-refractivity contribution in [3.63, 3.8) is 0 Å². The number of nitrogens with zero attached hydrogens (tertiary/aromatic N) is 1. The maximum atomic E-state index is 9.87. The summed E-state index contributed by atoms with van der Waals surface area (Å²) >= 11 is 0. The van der Waals surface area contributed by atoms with E-state index < -0.39 is 48.8 Å². The number of hydrogen-bond donors (Lipinski definition) is 8. The van der Waals surface area contributed by atoms with Crippen molar-refractivity contribution in [2.75, 3.05) is 7.11 Å². The Morgan fingerprint density at radius 1 is 0.923 bits per heavy atom. The molecule has 3 rings (SSSR count). The van der Waals surface area contributed by atoms with E-state index in [1.165, 1.54) is 0 Å². The minimum atomic E-state index is -1.29. The first-order valence-electron chi connectivity index (χ1n) is 11.0. The van der Waals surface area contributed by atoms with Crippen molar-refractivity contribution in [3.8, 4) is 11.5 Å². The van der Waals surface area contributed by atoms with Crippen LogP contribution in [0.1, 0.15) is 36.4 Å². The zero-order valence-corrected chi connectivity index (χ0v) is 21.8. The maximum absolute atomic E-state index is 9.87. The van der Waals surface area contributed by atoms with Gasteiger partial charge in [-0.2, -0.15) is 5.10 Å². The average Bonchev–Trinajstić information content (AvgIpc) is 3.34. The summed E-state index contributed by atoms with van der Waals surface area (Å²) in [5.41, 5.74) is 15.6. The number of aliphatic carboxylic acids is 4. The summed E-state index contributed by atoms with van der Waals surface area (Å²) in [6.45, 7) is 0. The number of nitrogens with two attached hydrogens (primary N) is 2. The summed E-state index contributed by atoms with van der Waals surface area (Å²) in [5.74, 6) is -3.89. The van der Waals surface area contributed by atoms with E-state index in [1.807, 2.05) is 42.5 Å². The van der Waals surface area contributed by atoms with E-state index in [0.29, 0.717) is 0 Å². The minimum absolute atomic E-state index is 0. The Hall–Kier alpha value is -4.17. The number of nitrogens with one attached hydrogen (secondary N) is 1. The SMILES string of the molecule is COc1ccc(C2CC(c3ccccc3O)=NN2)cc1.NC(CC(=O)O)C(=O)O.NC(CC(=O)O)C(=O)O.[Fe]. The molecular formula is C24H30FeN4O10. The Morgan fingerprint density at radius 3 is 1.79 bits per heavy atom. The first-order valence-corrected chi connectivity index (χ1v) is 11.0. The molecule has 0 aliphatic carbocycles. The van der Waals surface area contributed by atoms with E-state index in [9.17, 15) is 24.3 Å². The number of carboxylic acids is 4. The van der Waals surface area contributed by atoms with Crippen molar-refractivity contribution in [1.82, 2.24) is 5.43 Å². The molecule has 1 aliphatic heterocycles. The van der Waals surface area contributed by atoms with Crippen LogP contribution in [0.15, 0.2) is 53.6 Å². The van der Waals surface area contributed by atoms with E-state index in [0.717, 1.165) is 29.0 Å². The number of hydrazone groups is 1. The summed E-state index contributed by atoms with van der Waals surface area (Å²) in [6, 6.07) is 12.8. The third kappa shape index (κ3) is 12.8. The molecular weight excluding hydrogens is 560 g/mol. The third-order valence-corrected chi connectivity index (χ3v) is 4.91. The topological polar surface area (TPSA) is 255 Å². The molecule has 214 valence electrons. The monoisotopic (exact) mass is 590 g/mol. The molecule has 0 spiro atoms. The number of phenolic OH excluding ortho intramolecular Hbond substituents is 1. The van der Waals surface area contributed by atoms with Gasteiger partial charge in [0, 0.05) is 29.1 Å². The molecule has 1 aliphatic rings. The fourth-order valence-corrected chi connectivity index (χ4v) is 2.91. The van der Waals surface area contributed by atoms with Crippen molar-refractivity contribution >= 4 is 29.6 Å². The summed E-state index contributed by atoms with van der Waals surface area (Å²) in [5, 5.41) is 46.3. The fourth-order valence-electron chi connectivity index (χ4n) is 2.91. The molecule has 0 radical (unpaired) electrons. The Bertz CT molecular complexity index is 1110. The number of benzene rings is 2. The third-order valence-electron chi connectivity index (χ3n) is 4.91. The van der Waals surface area contributed by atoms with E-state index in [1.54, 1.807) is 13.2 Å². The van der Waals surface area contributed by atoms with E-state index in [4.69, 9.17) is 36.6 Å². The van der Waals surface area contributed by atoms with Gasteiger partial charge in [0.05, 0.1) is 31.7 Å². The van der Waals surface area contributed by atoms with Crippen LogP contribution in [0.4, 0.5) is 0 Å². The molecule has 10 N–H and O–H groups in total. The van der Waals surface area contributed by atoms with Crippen LogP contribution in [-0.2, 0) is 36.2 Å². The van der Waals surface area contributed by atoms with Gasteiger partial charge in [0.25, 0.3) is 0 Å². The molecule has 2 aromatic rings. The Kier molecular flexibility index (Phi) is 15.5. The Labute approximate surface area is 233 Å². The molecule has 2 aromatic carbocycles. The smallest absolute Gasteiger partial charge is 0.321 e. The average molecular weight is 590 g/mol. The predicted octanol–water partition coefficient (Wildman–Crippen LogP) is 0.583. The quantitative estimate of drug-likeness (QED) is 0.186.